The van der Waals surface area contributed by atoms with E-state index in [1.165, 1.54) is 18.4 Å². The van der Waals surface area contributed by atoms with E-state index in [1.54, 1.807) is 0 Å². The molecule has 1 aromatic rings. The fraction of sp³-hybridized carbons (Fsp3) is 0.600. The van der Waals surface area contributed by atoms with Gasteiger partial charge in [0.15, 0.2) is 0 Å². The van der Waals surface area contributed by atoms with Crippen LogP contribution in [0.3, 0.4) is 0 Å². The van der Waals surface area contributed by atoms with E-state index in [9.17, 15) is 0 Å². The maximum absolute atomic E-state index is 5.85. The smallest absolute Gasteiger partial charge is 0.119 e. The highest BCUT2D eigenvalue weighted by atomic mass is 16.5. The van der Waals surface area contributed by atoms with E-state index in [0.717, 1.165) is 25.3 Å². The molecule has 0 amide bonds. The molecule has 0 spiro atoms. The summed E-state index contributed by atoms with van der Waals surface area (Å²) in [7, 11) is 0. The van der Waals surface area contributed by atoms with Gasteiger partial charge < -0.3 is 10.1 Å². The second-order valence-electron chi connectivity index (χ2n) is 5.35. The zero-order chi connectivity index (χ0) is 12.1. The Morgan fingerprint density at radius 3 is 3.00 bits per heavy atom. The fourth-order valence-corrected chi connectivity index (χ4v) is 2.33. The SMILES string of the molecule is CC(C)Cc1cccc(OCC2CCCN2)c1. The first kappa shape index (κ1) is 12.4. The normalized spacial score (nSPS) is 19.8. The molecule has 1 fully saturated rings. The van der Waals surface area contributed by atoms with Crippen LogP contribution in [0, 0.1) is 5.92 Å². The molecular weight excluding hydrogens is 210 g/mol. The van der Waals surface area contributed by atoms with Gasteiger partial charge in [-0.2, -0.15) is 0 Å². The lowest BCUT2D eigenvalue weighted by molar-refractivity contribution is 0.277. The molecule has 0 saturated carbocycles. The van der Waals surface area contributed by atoms with Gasteiger partial charge >= 0.3 is 0 Å². The Hall–Kier alpha value is -1.02. The molecule has 0 aromatic heterocycles. The van der Waals surface area contributed by atoms with E-state index in [0.29, 0.717) is 12.0 Å². The Morgan fingerprint density at radius 1 is 1.41 bits per heavy atom. The molecule has 94 valence electrons. The summed E-state index contributed by atoms with van der Waals surface area (Å²) in [5.74, 6) is 1.71. The van der Waals surface area contributed by atoms with E-state index >= 15 is 0 Å². The lowest BCUT2D eigenvalue weighted by Crippen LogP contribution is -2.28. The van der Waals surface area contributed by atoms with Crippen molar-refractivity contribution in [2.45, 2.75) is 39.2 Å². The van der Waals surface area contributed by atoms with Crippen LogP contribution >= 0.6 is 0 Å². The van der Waals surface area contributed by atoms with Gasteiger partial charge in [0.05, 0.1) is 0 Å². The average Bonchev–Trinajstić information content (AvgIpc) is 2.79. The Balaban J connectivity index is 1.86. The lowest BCUT2D eigenvalue weighted by Gasteiger charge is -2.13. The minimum atomic E-state index is 0.545. The minimum Gasteiger partial charge on any atom is -0.492 e. The molecule has 1 unspecified atom stereocenters. The van der Waals surface area contributed by atoms with Crippen molar-refractivity contribution >= 4 is 0 Å². The van der Waals surface area contributed by atoms with E-state index in [2.05, 4.69) is 43.4 Å². The summed E-state index contributed by atoms with van der Waals surface area (Å²) < 4.78 is 5.85. The molecule has 2 heteroatoms. The number of nitrogens with one attached hydrogen (secondary N) is 1. The summed E-state index contributed by atoms with van der Waals surface area (Å²) in [4.78, 5) is 0. The van der Waals surface area contributed by atoms with Gasteiger partial charge in [0, 0.05) is 6.04 Å². The highest BCUT2D eigenvalue weighted by Crippen LogP contribution is 2.17. The monoisotopic (exact) mass is 233 g/mol. The predicted octanol–water partition coefficient (Wildman–Crippen LogP) is 3.02. The van der Waals surface area contributed by atoms with Crippen molar-refractivity contribution in [2.24, 2.45) is 5.92 Å². The van der Waals surface area contributed by atoms with Crippen LogP contribution in [0.2, 0.25) is 0 Å². The molecule has 1 aliphatic heterocycles. The molecule has 1 saturated heterocycles. The molecule has 0 aliphatic carbocycles. The zero-order valence-corrected chi connectivity index (χ0v) is 10.9. The van der Waals surface area contributed by atoms with Gasteiger partial charge in [0.25, 0.3) is 0 Å². The van der Waals surface area contributed by atoms with Crippen molar-refractivity contribution in [3.05, 3.63) is 29.8 Å². The van der Waals surface area contributed by atoms with Crippen molar-refractivity contribution in [3.8, 4) is 5.75 Å². The third-order valence-corrected chi connectivity index (χ3v) is 3.16. The molecule has 1 atom stereocenters. The van der Waals surface area contributed by atoms with E-state index in [4.69, 9.17) is 4.74 Å². The third kappa shape index (κ3) is 4.04. The van der Waals surface area contributed by atoms with Gasteiger partial charge in [-0.3, -0.25) is 0 Å². The molecule has 1 N–H and O–H groups in total. The summed E-state index contributed by atoms with van der Waals surface area (Å²) in [5, 5.41) is 3.45. The van der Waals surface area contributed by atoms with Crippen molar-refractivity contribution < 1.29 is 4.74 Å². The lowest BCUT2D eigenvalue weighted by atomic mass is 10.0. The summed E-state index contributed by atoms with van der Waals surface area (Å²) >= 11 is 0. The minimum absolute atomic E-state index is 0.545. The van der Waals surface area contributed by atoms with Gasteiger partial charge in [0.2, 0.25) is 0 Å². The number of ether oxygens (including phenoxy) is 1. The fourth-order valence-electron chi connectivity index (χ4n) is 2.33. The molecule has 1 aromatic carbocycles. The van der Waals surface area contributed by atoms with Crippen LogP contribution < -0.4 is 10.1 Å². The maximum Gasteiger partial charge on any atom is 0.119 e. The van der Waals surface area contributed by atoms with Crippen molar-refractivity contribution in [1.82, 2.24) is 5.32 Å². The summed E-state index contributed by atoms with van der Waals surface area (Å²) in [6, 6.07) is 9.05. The zero-order valence-electron chi connectivity index (χ0n) is 10.9. The molecular formula is C15H23NO. The molecule has 1 heterocycles. The van der Waals surface area contributed by atoms with Crippen molar-refractivity contribution in [2.75, 3.05) is 13.2 Å². The molecule has 0 bridgehead atoms. The van der Waals surface area contributed by atoms with Gasteiger partial charge in [-0.1, -0.05) is 26.0 Å². The Morgan fingerprint density at radius 2 is 2.29 bits per heavy atom. The number of hydrogen-bond acceptors (Lipinski definition) is 2. The van der Waals surface area contributed by atoms with Gasteiger partial charge in [0.1, 0.15) is 12.4 Å². The Labute approximate surface area is 104 Å². The summed E-state index contributed by atoms with van der Waals surface area (Å²) in [6.45, 7) is 6.43. The Bertz CT molecular complexity index is 343. The van der Waals surface area contributed by atoms with Crippen LogP contribution in [-0.4, -0.2) is 19.2 Å². The first-order valence-electron chi connectivity index (χ1n) is 6.69. The topological polar surface area (TPSA) is 21.3 Å². The van der Waals surface area contributed by atoms with Crippen LogP contribution in [0.15, 0.2) is 24.3 Å². The predicted molar refractivity (Wildman–Crippen MR) is 71.5 cm³/mol. The van der Waals surface area contributed by atoms with Crippen LogP contribution in [0.5, 0.6) is 5.75 Å². The van der Waals surface area contributed by atoms with Crippen LogP contribution in [0.25, 0.3) is 0 Å². The maximum atomic E-state index is 5.85. The third-order valence-electron chi connectivity index (χ3n) is 3.16. The van der Waals surface area contributed by atoms with Crippen LogP contribution in [-0.2, 0) is 6.42 Å². The highest BCUT2D eigenvalue weighted by Gasteiger charge is 2.14. The van der Waals surface area contributed by atoms with E-state index < -0.39 is 0 Å². The molecule has 2 rings (SSSR count). The summed E-state index contributed by atoms with van der Waals surface area (Å²) in [6.07, 6.45) is 3.64. The van der Waals surface area contributed by atoms with E-state index in [-0.39, 0.29) is 0 Å². The molecule has 2 nitrogen and oxygen atoms in total. The number of benzene rings is 1. The standard InChI is InChI=1S/C15H23NO/c1-12(2)9-13-5-3-7-15(10-13)17-11-14-6-4-8-16-14/h3,5,7,10,12,14,16H,4,6,8-9,11H2,1-2H3. The summed E-state index contributed by atoms with van der Waals surface area (Å²) in [5.41, 5.74) is 1.37. The highest BCUT2D eigenvalue weighted by molar-refractivity contribution is 5.28. The Kier molecular flexibility index (Phi) is 4.43. The quantitative estimate of drug-likeness (QED) is 0.844. The molecule has 0 radical (unpaired) electrons. The first-order valence-corrected chi connectivity index (χ1v) is 6.69. The van der Waals surface area contributed by atoms with E-state index in [1.807, 2.05) is 0 Å². The van der Waals surface area contributed by atoms with Crippen molar-refractivity contribution in [1.29, 1.82) is 0 Å². The van der Waals surface area contributed by atoms with Gasteiger partial charge in [-0.05, 0) is 49.4 Å². The van der Waals surface area contributed by atoms with Crippen molar-refractivity contribution in [3.63, 3.8) is 0 Å². The average molecular weight is 233 g/mol. The van der Waals surface area contributed by atoms with Crippen LogP contribution in [0.4, 0.5) is 0 Å². The second-order valence-corrected chi connectivity index (χ2v) is 5.35. The second kappa shape index (κ2) is 6.06. The largest absolute Gasteiger partial charge is 0.492 e. The first-order chi connectivity index (χ1) is 8.24. The number of hydrogen-bond donors (Lipinski definition) is 1. The van der Waals surface area contributed by atoms with Gasteiger partial charge in [-0.25, -0.2) is 0 Å². The number of rotatable bonds is 5. The molecule has 17 heavy (non-hydrogen) atoms. The molecule has 1 aliphatic rings. The van der Waals surface area contributed by atoms with Crippen LogP contribution in [0.1, 0.15) is 32.3 Å². The van der Waals surface area contributed by atoms with Gasteiger partial charge in [-0.15, -0.1) is 0 Å².